The van der Waals surface area contributed by atoms with Crippen LogP contribution >= 0.6 is 0 Å². The number of β-lactam (4-membered cyclic amide) rings is 1. The zero-order valence-corrected chi connectivity index (χ0v) is 17.8. The third-order valence-electron chi connectivity index (χ3n) is 6.33. The number of anilines is 1. The van der Waals surface area contributed by atoms with Crippen molar-refractivity contribution in [1.82, 2.24) is 0 Å². The van der Waals surface area contributed by atoms with Crippen LogP contribution in [0, 0.1) is 11.7 Å². The SMILES string of the molecule is O=C(CC[C@H]1C(=O)N(c2ccc(F)cc2)[C@@H]1c1ccc(O)cc1)c1ccc2cccccc1-2. The molecule has 0 radical (unpaired) electrons. The number of carbonyl (C=O) groups excluding carboxylic acids is 2. The molecule has 4 nitrogen and oxygen atoms in total. The summed E-state index contributed by atoms with van der Waals surface area (Å²) >= 11 is 0. The number of phenols is 1. The number of amides is 1. The van der Waals surface area contributed by atoms with Gasteiger partial charge in [-0.25, -0.2) is 4.39 Å². The van der Waals surface area contributed by atoms with Crippen LogP contribution in [0.15, 0.2) is 91.0 Å². The molecule has 3 aliphatic rings. The van der Waals surface area contributed by atoms with Crippen LogP contribution in [0.25, 0.3) is 11.1 Å². The number of nitrogens with zero attached hydrogens (tertiary/aromatic N) is 1. The molecule has 1 aliphatic heterocycles. The molecule has 33 heavy (non-hydrogen) atoms. The van der Waals surface area contributed by atoms with Crippen LogP contribution in [0.2, 0.25) is 0 Å². The van der Waals surface area contributed by atoms with E-state index in [-0.39, 0.29) is 41.6 Å². The quantitative estimate of drug-likeness (QED) is 0.296. The summed E-state index contributed by atoms with van der Waals surface area (Å²) in [5.41, 5.74) is 4.06. The van der Waals surface area contributed by atoms with Gasteiger partial charge in [0, 0.05) is 17.7 Å². The molecule has 1 fully saturated rings. The standard InChI is InChI=1S/C28H22FNO3/c29-20-9-11-21(12-10-20)30-27(19-6-13-22(31)14-7-19)25(28(30)33)16-17-26(32)24-15-8-18-4-2-1-3-5-23(18)24/h1-15,25,27,31H,16-17H2/t25-,27-/m1/s1. The number of phenolic OH excluding ortho intramolecular Hbond substituents is 1. The Morgan fingerprint density at radius 1 is 0.879 bits per heavy atom. The maximum absolute atomic E-state index is 13.4. The van der Waals surface area contributed by atoms with Gasteiger partial charge in [0.15, 0.2) is 5.78 Å². The van der Waals surface area contributed by atoms with Crippen molar-refractivity contribution in [3.05, 3.63) is 108 Å². The zero-order valence-electron chi connectivity index (χ0n) is 17.8. The number of hydrogen-bond acceptors (Lipinski definition) is 3. The summed E-state index contributed by atoms with van der Waals surface area (Å²) in [5, 5.41) is 9.68. The molecule has 1 saturated heterocycles. The monoisotopic (exact) mass is 439 g/mol. The second kappa shape index (κ2) is 8.51. The molecule has 0 aromatic heterocycles. The van der Waals surface area contributed by atoms with E-state index in [1.54, 1.807) is 41.3 Å². The average Bonchev–Trinajstić information content (AvgIpc) is 3.07. The molecular weight excluding hydrogens is 417 g/mol. The van der Waals surface area contributed by atoms with Gasteiger partial charge in [-0.1, -0.05) is 54.6 Å². The van der Waals surface area contributed by atoms with Gasteiger partial charge in [-0.2, -0.15) is 0 Å². The number of benzene rings is 2. The van der Waals surface area contributed by atoms with Crippen molar-refractivity contribution in [1.29, 1.82) is 0 Å². The summed E-state index contributed by atoms with van der Waals surface area (Å²) in [4.78, 5) is 27.8. The number of ketones is 1. The zero-order chi connectivity index (χ0) is 22.9. The Labute approximate surface area is 191 Å². The molecule has 1 heterocycles. The smallest absolute Gasteiger partial charge is 0.233 e. The second-order valence-corrected chi connectivity index (χ2v) is 8.32. The van der Waals surface area contributed by atoms with Gasteiger partial charge in [0.2, 0.25) is 5.91 Å². The minimum Gasteiger partial charge on any atom is -0.508 e. The number of fused-ring (bicyclic) bond motifs is 1. The first kappa shape index (κ1) is 20.9. The highest BCUT2D eigenvalue weighted by atomic mass is 19.1. The predicted molar refractivity (Wildman–Crippen MR) is 125 cm³/mol. The fraction of sp³-hybridized carbons (Fsp3) is 0.143. The van der Waals surface area contributed by atoms with E-state index in [1.165, 1.54) is 12.1 Å². The molecule has 2 aromatic carbocycles. The Kier molecular flexibility index (Phi) is 5.38. The van der Waals surface area contributed by atoms with E-state index >= 15 is 0 Å². The fourth-order valence-electron chi connectivity index (χ4n) is 4.65. The van der Waals surface area contributed by atoms with E-state index in [9.17, 15) is 19.1 Å². The van der Waals surface area contributed by atoms with Gasteiger partial charge < -0.3 is 10.0 Å². The number of aromatic hydroxyl groups is 1. The minimum absolute atomic E-state index is 0.00804. The van der Waals surface area contributed by atoms with Gasteiger partial charge >= 0.3 is 0 Å². The second-order valence-electron chi connectivity index (χ2n) is 8.32. The lowest BCUT2D eigenvalue weighted by Gasteiger charge is -2.47. The molecule has 1 N–H and O–H groups in total. The Morgan fingerprint density at radius 2 is 1.61 bits per heavy atom. The number of Topliss-reactive ketones (excluding diaryl/α,β-unsaturated/α-hetero) is 1. The van der Waals surface area contributed by atoms with E-state index in [2.05, 4.69) is 0 Å². The van der Waals surface area contributed by atoms with Crippen molar-refractivity contribution in [2.24, 2.45) is 5.92 Å². The Hall–Kier alpha value is -3.99. The third-order valence-corrected chi connectivity index (χ3v) is 6.33. The Morgan fingerprint density at radius 3 is 2.36 bits per heavy atom. The van der Waals surface area contributed by atoms with Crippen LogP contribution in [-0.4, -0.2) is 16.8 Å². The normalized spacial score (nSPS) is 17.7. The molecule has 2 aromatic rings. The molecule has 1 amide bonds. The molecule has 164 valence electrons. The van der Waals surface area contributed by atoms with Gasteiger partial charge in [-0.3, -0.25) is 9.59 Å². The van der Waals surface area contributed by atoms with Crippen LogP contribution in [-0.2, 0) is 4.79 Å². The lowest BCUT2D eigenvalue weighted by Crippen LogP contribution is -2.55. The molecule has 2 atom stereocenters. The van der Waals surface area contributed by atoms with Crippen LogP contribution in [0.3, 0.4) is 0 Å². The van der Waals surface area contributed by atoms with E-state index in [1.807, 2.05) is 42.5 Å². The van der Waals surface area contributed by atoms with Gasteiger partial charge in [0.05, 0.1) is 12.0 Å². The van der Waals surface area contributed by atoms with Crippen LogP contribution in [0.4, 0.5) is 10.1 Å². The van der Waals surface area contributed by atoms with Crippen molar-refractivity contribution in [3.63, 3.8) is 0 Å². The fourth-order valence-corrected chi connectivity index (χ4v) is 4.65. The molecule has 5 rings (SSSR count). The molecule has 0 unspecified atom stereocenters. The third kappa shape index (κ3) is 3.87. The molecule has 0 spiro atoms. The number of rotatable bonds is 6. The molecule has 0 saturated carbocycles. The number of hydrogen-bond donors (Lipinski definition) is 1. The Bertz CT molecular complexity index is 1280. The van der Waals surface area contributed by atoms with Crippen molar-refractivity contribution < 1.29 is 19.1 Å². The van der Waals surface area contributed by atoms with Crippen LogP contribution in [0.5, 0.6) is 5.75 Å². The van der Waals surface area contributed by atoms with Crippen molar-refractivity contribution in [2.45, 2.75) is 18.9 Å². The first-order valence-corrected chi connectivity index (χ1v) is 10.9. The average molecular weight is 439 g/mol. The lowest BCUT2D eigenvalue weighted by molar-refractivity contribution is -0.130. The highest BCUT2D eigenvalue weighted by Gasteiger charge is 2.48. The molecule has 2 aliphatic carbocycles. The molecule has 0 bridgehead atoms. The lowest BCUT2D eigenvalue weighted by atomic mass is 9.78. The van der Waals surface area contributed by atoms with E-state index in [4.69, 9.17) is 0 Å². The molecular formula is C28H22FNO3. The topological polar surface area (TPSA) is 57.6 Å². The highest BCUT2D eigenvalue weighted by Crippen LogP contribution is 2.46. The first-order chi connectivity index (χ1) is 16.0. The van der Waals surface area contributed by atoms with Crippen LogP contribution < -0.4 is 4.90 Å². The van der Waals surface area contributed by atoms with Crippen molar-refractivity contribution >= 4 is 17.4 Å². The predicted octanol–water partition coefficient (Wildman–Crippen LogP) is 6.00. The Balaban J connectivity index is 1.38. The van der Waals surface area contributed by atoms with Gasteiger partial charge in [-0.05, 0) is 59.5 Å². The van der Waals surface area contributed by atoms with E-state index in [0.29, 0.717) is 17.7 Å². The number of carbonyl (C=O) groups is 2. The van der Waals surface area contributed by atoms with Gasteiger partial charge in [0.25, 0.3) is 0 Å². The van der Waals surface area contributed by atoms with E-state index in [0.717, 1.165) is 16.7 Å². The largest absolute Gasteiger partial charge is 0.508 e. The maximum Gasteiger partial charge on any atom is 0.233 e. The number of halogens is 1. The summed E-state index contributed by atoms with van der Waals surface area (Å²) in [6.07, 6.45) is 0.659. The van der Waals surface area contributed by atoms with Gasteiger partial charge in [0.1, 0.15) is 11.6 Å². The summed E-state index contributed by atoms with van der Waals surface area (Å²) in [7, 11) is 0. The highest BCUT2D eigenvalue weighted by molar-refractivity contribution is 6.05. The van der Waals surface area contributed by atoms with Crippen molar-refractivity contribution in [3.8, 4) is 16.9 Å². The summed E-state index contributed by atoms with van der Waals surface area (Å²) in [5.74, 6) is -0.688. The maximum atomic E-state index is 13.4. The minimum atomic E-state index is -0.374. The summed E-state index contributed by atoms with van der Waals surface area (Å²) in [6, 6.07) is 25.7. The van der Waals surface area contributed by atoms with Gasteiger partial charge in [-0.15, -0.1) is 0 Å². The van der Waals surface area contributed by atoms with E-state index < -0.39 is 0 Å². The molecule has 5 heteroatoms. The van der Waals surface area contributed by atoms with Crippen molar-refractivity contribution in [2.75, 3.05) is 4.90 Å². The summed E-state index contributed by atoms with van der Waals surface area (Å²) < 4.78 is 13.4. The first-order valence-electron chi connectivity index (χ1n) is 10.9. The summed E-state index contributed by atoms with van der Waals surface area (Å²) in [6.45, 7) is 0. The van der Waals surface area contributed by atoms with Crippen LogP contribution in [0.1, 0.15) is 34.8 Å².